The number of alkyl halides is 3. The van der Waals surface area contributed by atoms with Gasteiger partial charge < -0.3 is 10.6 Å². The number of rotatable bonds is 6. The summed E-state index contributed by atoms with van der Waals surface area (Å²) in [6, 6.07) is 4.77. The van der Waals surface area contributed by atoms with Crippen molar-refractivity contribution in [3.8, 4) is 0 Å². The molecule has 1 aliphatic heterocycles. The second-order valence-corrected chi connectivity index (χ2v) is 8.88. The molecule has 6 nitrogen and oxygen atoms in total. The summed E-state index contributed by atoms with van der Waals surface area (Å²) in [5.41, 5.74) is -3.87. The van der Waals surface area contributed by atoms with Crippen molar-refractivity contribution in [3.05, 3.63) is 35.1 Å². The zero-order valence-electron chi connectivity index (χ0n) is 16.4. The van der Waals surface area contributed by atoms with Gasteiger partial charge in [0.2, 0.25) is 0 Å². The van der Waals surface area contributed by atoms with Crippen LogP contribution in [0, 0.1) is 18.7 Å². The van der Waals surface area contributed by atoms with E-state index in [9.17, 15) is 26.0 Å². The zero-order chi connectivity index (χ0) is 21.7. The van der Waals surface area contributed by atoms with E-state index in [4.69, 9.17) is 0 Å². The highest BCUT2D eigenvalue weighted by Crippen LogP contribution is 2.30. The molecular weight excluding hydrogens is 412 g/mol. The Morgan fingerprint density at radius 3 is 2.45 bits per heavy atom. The third-order valence-electron chi connectivity index (χ3n) is 4.75. The van der Waals surface area contributed by atoms with Crippen LogP contribution in [0.25, 0.3) is 0 Å². The Morgan fingerprint density at radius 1 is 1.24 bits per heavy atom. The number of nitrogens with zero attached hydrogens (tertiary/aromatic N) is 2. The molecule has 0 atom stereocenters. The van der Waals surface area contributed by atoms with Crippen LogP contribution >= 0.6 is 0 Å². The summed E-state index contributed by atoms with van der Waals surface area (Å²) in [6.07, 6.45) is 0.664. The van der Waals surface area contributed by atoms with Crippen molar-refractivity contribution >= 4 is 16.0 Å². The molecule has 1 saturated heterocycles. The molecule has 0 radical (unpaired) electrons. The Morgan fingerprint density at radius 2 is 1.90 bits per heavy atom. The van der Waals surface area contributed by atoms with Gasteiger partial charge in [-0.25, -0.2) is 17.8 Å². The summed E-state index contributed by atoms with van der Waals surface area (Å²) >= 11 is 0. The van der Waals surface area contributed by atoms with Gasteiger partial charge in [-0.05, 0) is 49.8 Å². The molecule has 0 bridgehead atoms. The average molecular weight is 438 g/mol. The summed E-state index contributed by atoms with van der Waals surface area (Å²) < 4.78 is 74.7. The summed E-state index contributed by atoms with van der Waals surface area (Å²) in [5, 5.41) is 6.23. The Kier molecular flexibility index (Phi) is 7.87. The van der Waals surface area contributed by atoms with E-state index in [2.05, 4.69) is 15.6 Å². The van der Waals surface area contributed by atoms with Gasteiger partial charge in [-0.1, -0.05) is 12.1 Å². The van der Waals surface area contributed by atoms with Crippen molar-refractivity contribution in [2.75, 3.05) is 26.2 Å². The maximum atomic E-state index is 13.3. The predicted molar refractivity (Wildman–Crippen MR) is 103 cm³/mol. The SMILES string of the molecule is CCNC(=NCc1ccc(F)c(C)c1)NCC1CCN(S(=O)(=O)C(F)(F)F)CC1. The molecule has 1 fully saturated rings. The lowest BCUT2D eigenvalue weighted by Gasteiger charge is -2.31. The molecule has 1 heterocycles. The molecule has 11 heteroatoms. The number of guanidine groups is 1. The quantitative estimate of drug-likeness (QED) is 0.407. The number of hydrogen-bond donors (Lipinski definition) is 2. The van der Waals surface area contributed by atoms with E-state index < -0.39 is 15.5 Å². The van der Waals surface area contributed by atoms with Crippen molar-refractivity contribution in [3.63, 3.8) is 0 Å². The topological polar surface area (TPSA) is 73.8 Å². The first-order valence-corrected chi connectivity index (χ1v) is 10.8. The van der Waals surface area contributed by atoms with Crippen molar-refractivity contribution in [1.82, 2.24) is 14.9 Å². The Hall–Kier alpha value is -1.88. The van der Waals surface area contributed by atoms with Crippen LogP contribution in [0.15, 0.2) is 23.2 Å². The number of nitrogens with one attached hydrogen (secondary N) is 2. The average Bonchev–Trinajstić information content (AvgIpc) is 2.66. The minimum atomic E-state index is -5.26. The highest BCUT2D eigenvalue weighted by molar-refractivity contribution is 7.90. The van der Waals surface area contributed by atoms with Crippen LogP contribution in [0.2, 0.25) is 0 Å². The largest absolute Gasteiger partial charge is 0.511 e. The molecule has 0 aromatic heterocycles. The Labute approximate surface area is 168 Å². The number of benzene rings is 1. The molecule has 1 aliphatic rings. The van der Waals surface area contributed by atoms with Gasteiger partial charge in [-0.15, -0.1) is 0 Å². The normalized spacial score (nSPS) is 17.4. The lowest BCUT2D eigenvalue weighted by atomic mass is 9.98. The third kappa shape index (κ3) is 6.30. The van der Waals surface area contributed by atoms with Crippen molar-refractivity contribution in [2.24, 2.45) is 10.9 Å². The maximum Gasteiger partial charge on any atom is 0.511 e. The first-order chi connectivity index (χ1) is 13.5. The Bertz CT molecular complexity index is 820. The smallest absolute Gasteiger partial charge is 0.357 e. The highest BCUT2D eigenvalue weighted by Gasteiger charge is 2.50. The van der Waals surface area contributed by atoms with Crippen molar-refractivity contribution in [1.29, 1.82) is 0 Å². The predicted octanol–water partition coefficient (Wildman–Crippen LogP) is 2.75. The maximum absolute atomic E-state index is 13.3. The fourth-order valence-corrected chi connectivity index (χ4v) is 4.04. The number of halogens is 4. The summed E-state index contributed by atoms with van der Waals surface area (Å²) in [6.45, 7) is 4.70. The third-order valence-corrected chi connectivity index (χ3v) is 6.38. The number of sulfonamides is 1. The van der Waals surface area contributed by atoms with E-state index in [1.54, 1.807) is 19.1 Å². The van der Waals surface area contributed by atoms with Crippen LogP contribution in [0.3, 0.4) is 0 Å². The lowest BCUT2D eigenvalue weighted by molar-refractivity contribution is -0.0496. The van der Waals surface area contributed by atoms with E-state index in [1.165, 1.54) is 6.07 Å². The fourth-order valence-electron chi connectivity index (χ4n) is 3.06. The molecule has 29 heavy (non-hydrogen) atoms. The minimum absolute atomic E-state index is 0.0339. The van der Waals surface area contributed by atoms with E-state index in [-0.39, 0.29) is 24.8 Å². The number of aliphatic imine (C=N–C) groups is 1. The molecule has 1 aromatic rings. The van der Waals surface area contributed by atoms with Gasteiger partial charge in [-0.2, -0.15) is 17.5 Å². The minimum Gasteiger partial charge on any atom is -0.357 e. The molecule has 0 aliphatic carbocycles. The molecule has 2 N–H and O–H groups in total. The first kappa shape index (κ1) is 23.4. The molecule has 164 valence electrons. The van der Waals surface area contributed by atoms with Gasteiger partial charge in [0.15, 0.2) is 5.96 Å². The Balaban J connectivity index is 1.89. The van der Waals surface area contributed by atoms with Gasteiger partial charge >= 0.3 is 15.5 Å². The molecule has 0 saturated carbocycles. The summed E-state index contributed by atoms with van der Waals surface area (Å²) in [4.78, 5) is 4.44. The van der Waals surface area contributed by atoms with E-state index in [0.29, 0.717) is 48.3 Å². The standard InChI is InChI=1S/C18H26F4N4O2S/c1-3-23-17(25-12-15-4-5-16(19)13(2)10-15)24-11-14-6-8-26(9-7-14)29(27,28)18(20,21)22/h4-5,10,14H,3,6-9,11-12H2,1-2H3,(H2,23,24,25). The summed E-state index contributed by atoms with van der Waals surface area (Å²) in [5.74, 6) is 0.299. The molecule has 0 spiro atoms. The zero-order valence-corrected chi connectivity index (χ0v) is 17.2. The number of hydrogen-bond acceptors (Lipinski definition) is 3. The van der Waals surface area contributed by atoms with Gasteiger partial charge in [0.05, 0.1) is 6.54 Å². The monoisotopic (exact) mass is 438 g/mol. The van der Waals surface area contributed by atoms with Gasteiger partial charge in [0.25, 0.3) is 0 Å². The van der Waals surface area contributed by atoms with Gasteiger partial charge in [0.1, 0.15) is 5.82 Å². The molecular formula is C18H26F4N4O2S. The van der Waals surface area contributed by atoms with E-state index in [1.807, 2.05) is 6.92 Å². The van der Waals surface area contributed by atoms with Crippen LogP contribution in [0.4, 0.5) is 17.6 Å². The fraction of sp³-hybridized carbons (Fsp3) is 0.611. The van der Waals surface area contributed by atoms with Gasteiger partial charge in [0, 0.05) is 26.2 Å². The highest BCUT2D eigenvalue weighted by atomic mass is 32.2. The molecule has 1 aromatic carbocycles. The van der Waals surface area contributed by atoms with Crippen LogP contribution in [0.5, 0.6) is 0 Å². The lowest BCUT2D eigenvalue weighted by Crippen LogP contribution is -2.47. The van der Waals surface area contributed by atoms with Crippen molar-refractivity contribution in [2.45, 2.75) is 38.7 Å². The number of piperidine rings is 1. The van der Waals surface area contributed by atoms with E-state index >= 15 is 0 Å². The number of aryl methyl sites for hydroxylation is 1. The van der Waals surface area contributed by atoms with Crippen LogP contribution < -0.4 is 10.6 Å². The molecule has 0 unspecified atom stereocenters. The first-order valence-electron chi connectivity index (χ1n) is 9.38. The molecule has 2 rings (SSSR count). The summed E-state index contributed by atoms with van der Waals surface area (Å²) in [7, 11) is -5.26. The van der Waals surface area contributed by atoms with Gasteiger partial charge in [-0.3, -0.25) is 0 Å². The molecule has 0 amide bonds. The second-order valence-electron chi connectivity index (χ2n) is 6.95. The van der Waals surface area contributed by atoms with Crippen molar-refractivity contribution < 1.29 is 26.0 Å². The van der Waals surface area contributed by atoms with Crippen LogP contribution in [-0.2, 0) is 16.6 Å². The van der Waals surface area contributed by atoms with Crippen LogP contribution in [0.1, 0.15) is 30.9 Å². The van der Waals surface area contributed by atoms with E-state index in [0.717, 1.165) is 5.56 Å². The van der Waals surface area contributed by atoms with Crippen LogP contribution in [-0.4, -0.2) is 50.4 Å². The second kappa shape index (κ2) is 9.75.